The first-order chi connectivity index (χ1) is 6.65. The third-order valence-electron chi connectivity index (χ3n) is 2.66. The molecule has 0 aliphatic carbocycles. The van der Waals surface area contributed by atoms with Crippen LogP contribution in [-0.4, -0.2) is 0 Å². The van der Waals surface area contributed by atoms with Crippen LogP contribution in [0.1, 0.15) is 38.3 Å². The van der Waals surface area contributed by atoms with Crippen molar-refractivity contribution < 1.29 is 0 Å². The fraction of sp³-hybridized carbons (Fsp3) is 0.500. The molecule has 2 unspecified atom stereocenters. The molecule has 0 heterocycles. The Balaban J connectivity index is 2.69. The van der Waals surface area contributed by atoms with Crippen LogP contribution in [0.5, 0.6) is 0 Å². The molecule has 0 aliphatic rings. The van der Waals surface area contributed by atoms with E-state index in [0.717, 1.165) is 10.9 Å². The summed E-state index contributed by atoms with van der Waals surface area (Å²) in [5, 5.41) is 0. The van der Waals surface area contributed by atoms with Crippen molar-refractivity contribution in [3.8, 4) is 0 Å². The van der Waals surface area contributed by atoms with Crippen LogP contribution in [0.15, 0.2) is 28.7 Å². The Morgan fingerprint density at radius 2 is 2.00 bits per heavy atom. The van der Waals surface area contributed by atoms with Crippen LogP contribution in [0.2, 0.25) is 0 Å². The highest BCUT2D eigenvalue weighted by atomic mass is 79.9. The summed E-state index contributed by atoms with van der Waals surface area (Å²) >= 11 is 3.53. The van der Waals surface area contributed by atoms with Crippen molar-refractivity contribution in [1.82, 2.24) is 0 Å². The van der Waals surface area contributed by atoms with Gasteiger partial charge in [-0.25, -0.2) is 0 Å². The summed E-state index contributed by atoms with van der Waals surface area (Å²) in [5.41, 5.74) is 7.36. The standard InChI is InChI=1S/C12H18BrN/c1-3-9(2)8-12(14)10-6-4-5-7-11(10)13/h4-7,9,12H,3,8,14H2,1-2H3. The van der Waals surface area contributed by atoms with Gasteiger partial charge in [-0.3, -0.25) is 0 Å². The molecule has 0 saturated carbocycles. The minimum absolute atomic E-state index is 0.153. The van der Waals surface area contributed by atoms with Crippen LogP contribution in [-0.2, 0) is 0 Å². The van der Waals surface area contributed by atoms with Crippen molar-refractivity contribution in [3.05, 3.63) is 34.3 Å². The number of hydrogen-bond acceptors (Lipinski definition) is 1. The monoisotopic (exact) mass is 255 g/mol. The summed E-state index contributed by atoms with van der Waals surface area (Å²) in [7, 11) is 0. The number of hydrogen-bond donors (Lipinski definition) is 1. The second-order valence-corrected chi connectivity index (χ2v) is 4.73. The highest BCUT2D eigenvalue weighted by Gasteiger charge is 2.11. The third kappa shape index (κ3) is 3.10. The fourth-order valence-corrected chi connectivity index (χ4v) is 2.08. The number of benzene rings is 1. The molecule has 0 fully saturated rings. The third-order valence-corrected chi connectivity index (χ3v) is 3.38. The van der Waals surface area contributed by atoms with Crippen molar-refractivity contribution in [2.75, 3.05) is 0 Å². The van der Waals surface area contributed by atoms with E-state index in [1.165, 1.54) is 12.0 Å². The molecule has 0 saturated heterocycles. The molecule has 1 rings (SSSR count). The van der Waals surface area contributed by atoms with Gasteiger partial charge in [0.15, 0.2) is 0 Å². The topological polar surface area (TPSA) is 26.0 Å². The SMILES string of the molecule is CCC(C)CC(N)c1ccccc1Br. The molecule has 2 atom stereocenters. The minimum atomic E-state index is 0.153. The summed E-state index contributed by atoms with van der Waals surface area (Å²) in [6.45, 7) is 4.45. The number of nitrogens with two attached hydrogens (primary N) is 1. The van der Waals surface area contributed by atoms with Crippen molar-refractivity contribution in [3.63, 3.8) is 0 Å². The van der Waals surface area contributed by atoms with E-state index >= 15 is 0 Å². The second kappa shape index (κ2) is 5.52. The summed E-state index contributed by atoms with van der Waals surface area (Å²) in [6.07, 6.45) is 2.25. The number of halogens is 1. The number of rotatable bonds is 4. The Morgan fingerprint density at radius 3 is 2.57 bits per heavy atom. The predicted octanol–water partition coefficient (Wildman–Crippen LogP) is 3.89. The van der Waals surface area contributed by atoms with Gasteiger partial charge < -0.3 is 5.73 Å². The highest BCUT2D eigenvalue weighted by Crippen LogP contribution is 2.26. The molecule has 0 bridgehead atoms. The van der Waals surface area contributed by atoms with Crippen LogP contribution < -0.4 is 5.73 Å². The zero-order valence-corrected chi connectivity index (χ0v) is 10.4. The van der Waals surface area contributed by atoms with Crippen LogP contribution in [0.4, 0.5) is 0 Å². The van der Waals surface area contributed by atoms with Crippen LogP contribution in [0.3, 0.4) is 0 Å². The molecule has 2 heteroatoms. The average Bonchev–Trinajstić information content (AvgIpc) is 2.18. The van der Waals surface area contributed by atoms with Gasteiger partial charge in [-0.05, 0) is 24.0 Å². The molecular weight excluding hydrogens is 238 g/mol. The van der Waals surface area contributed by atoms with Crippen molar-refractivity contribution in [2.24, 2.45) is 11.7 Å². The normalized spacial score (nSPS) is 15.1. The first kappa shape index (κ1) is 11.7. The molecule has 2 N–H and O–H groups in total. The maximum atomic E-state index is 6.14. The maximum absolute atomic E-state index is 6.14. The van der Waals surface area contributed by atoms with Crippen LogP contribution in [0.25, 0.3) is 0 Å². The minimum Gasteiger partial charge on any atom is -0.324 e. The largest absolute Gasteiger partial charge is 0.324 e. The average molecular weight is 256 g/mol. The van der Waals surface area contributed by atoms with Gasteiger partial charge in [-0.2, -0.15) is 0 Å². The Labute approximate surface area is 94.8 Å². The zero-order valence-electron chi connectivity index (χ0n) is 8.83. The molecule has 0 aliphatic heterocycles. The van der Waals surface area contributed by atoms with Gasteiger partial charge in [0.1, 0.15) is 0 Å². The first-order valence-corrected chi connectivity index (χ1v) is 5.94. The lowest BCUT2D eigenvalue weighted by Crippen LogP contribution is -2.14. The summed E-state index contributed by atoms with van der Waals surface area (Å²) in [6, 6.07) is 8.35. The first-order valence-electron chi connectivity index (χ1n) is 5.15. The van der Waals surface area contributed by atoms with Gasteiger partial charge in [0.25, 0.3) is 0 Å². The summed E-state index contributed by atoms with van der Waals surface area (Å²) in [4.78, 5) is 0. The van der Waals surface area contributed by atoms with E-state index in [0.29, 0.717) is 5.92 Å². The lowest BCUT2D eigenvalue weighted by atomic mass is 9.95. The maximum Gasteiger partial charge on any atom is 0.0308 e. The quantitative estimate of drug-likeness (QED) is 0.869. The Hall–Kier alpha value is -0.340. The molecule has 1 nitrogen and oxygen atoms in total. The highest BCUT2D eigenvalue weighted by molar-refractivity contribution is 9.10. The van der Waals surface area contributed by atoms with E-state index in [4.69, 9.17) is 5.73 Å². The molecule has 0 radical (unpaired) electrons. The Morgan fingerprint density at radius 1 is 1.36 bits per heavy atom. The smallest absolute Gasteiger partial charge is 0.0308 e. The molecule has 0 spiro atoms. The van der Waals surface area contributed by atoms with Gasteiger partial charge in [-0.15, -0.1) is 0 Å². The van der Waals surface area contributed by atoms with Crippen LogP contribution >= 0.6 is 15.9 Å². The molecule has 1 aromatic rings. The lowest BCUT2D eigenvalue weighted by molar-refractivity contribution is 0.460. The molecule has 78 valence electrons. The molecule has 0 aromatic heterocycles. The van der Waals surface area contributed by atoms with Gasteiger partial charge >= 0.3 is 0 Å². The van der Waals surface area contributed by atoms with E-state index in [1.54, 1.807) is 0 Å². The lowest BCUT2D eigenvalue weighted by Gasteiger charge is -2.17. The predicted molar refractivity (Wildman–Crippen MR) is 65.1 cm³/mol. The van der Waals surface area contributed by atoms with Crippen molar-refractivity contribution in [1.29, 1.82) is 0 Å². The van der Waals surface area contributed by atoms with E-state index < -0.39 is 0 Å². The van der Waals surface area contributed by atoms with Crippen molar-refractivity contribution >= 4 is 15.9 Å². The van der Waals surface area contributed by atoms with Gasteiger partial charge in [-0.1, -0.05) is 54.4 Å². The van der Waals surface area contributed by atoms with Crippen molar-refractivity contribution in [2.45, 2.75) is 32.7 Å². The van der Waals surface area contributed by atoms with E-state index in [9.17, 15) is 0 Å². The van der Waals surface area contributed by atoms with Crippen LogP contribution in [0, 0.1) is 5.92 Å². The second-order valence-electron chi connectivity index (χ2n) is 3.88. The fourth-order valence-electron chi connectivity index (χ4n) is 1.50. The molecule has 14 heavy (non-hydrogen) atoms. The zero-order chi connectivity index (χ0) is 10.6. The van der Waals surface area contributed by atoms with Gasteiger partial charge in [0.2, 0.25) is 0 Å². The van der Waals surface area contributed by atoms with E-state index in [-0.39, 0.29) is 6.04 Å². The Kier molecular flexibility index (Phi) is 4.63. The Bertz CT molecular complexity index is 285. The molecule has 1 aromatic carbocycles. The van der Waals surface area contributed by atoms with E-state index in [2.05, 4.69) is 35.8 Å². The summed E-state index contributed by atoms with van der Waals surface area (Å²) < 4.78 is 1.12. The molecular formula is C12H18BrN. The van der Waals surface area contributed by atoms with Gasteiger partial charge in [0, 0.05) is 10.5 Å². The van der Waals surface area contributed by atoms with E-state index in [1.807, 2.05) is 18.2 Å². The van der Waals surface area contributed by atoms with Gasteiger partial charge in [0.05, 0.1) is 0 Å². The molecule has 0 amide bonds. The summed E-state index contributed by atoms with van der Waals surface area (Å²) in [5.74, 6) is 0.692.